The Morgan fingerprint density at radius 1 is 0.935 bits per heavy atom. The zero-order valence-electron chi connectivity index (χ0n) is 18.1. The summed E-state index contributed by atoms with van der Waals surface area (Å²) in [7, 11) is 1.61. The first-order valence-corrected chi connectivity index (χ1v) is 12.2. The van der Waals surface area contributed by atoms with Crippen molar-refractivity contribution in [3.63, 3.8) is 0 Å². The minimum Gasteiger partial charge on any atom is -0.497 e. The van der Waals surface area contributed by atoms with Crippen molar-refractivity contribution in [3.05, 3.63) is 55.5 Å². The quantitative estimate of drug-likeness (QED) is 0.570. The van der Waals surface area contributed by atoms with Crippen LogP contribution in [0.4, 0.5) is 0 Å². The third-order valence-electron chi connectivity index (χ3n) is 6.66. The molecule has 3 aromatic rings. The molecule has 0 amide bonds. The maximum atomic E-state index is 13.7. The largest absolute Gasteiger partial charge is 0.497 e. The van der Waals surface area contributed by atoms with Crippen LogP contribution in [0, 0.1) is 0 Å². The van der Waals surface area contributed by atoms with Gasteiger partial charge >= 0.3 is 5.69 Å². The molecule has 0 saturated carbocycles. The average molecular weight is 440 g/mol. The molecule has 7 heteroatoms. The molecule has 0 radical (unpaired) electrons. The standard InChI is InChI=1S/C24H29N3O3S/c1-30-18-11-9-17(10-12-18)27-22(28)21-19-7-3-2-4-8-20(19)31-23(21)26(24(27)29)16-15-25-13-5-6-14-25/h9-12H,2-8,13-16H2,1H3. The van der Waals surface area contributed by atoms with Crippen LogP contribution in [-0.2, 0) is 19.4 Å². The summed E-state index contributed by atoms with van der Waals surface area (Å²) in [5.41, 5.74) is 1.36. The molecule has 0 unspecified atom stereocenters. The lowest BCUT2D eigenvalue weighted by Gasteiger charge is -2.17. The van der Waals surface area contributed by atoms with Gasteiger partial charge in [0.1, 0.15) is 10.6 Å². The van der Waals surface area contributed by atoms with E-state index >= 15 is 0 Å². The molecule has 31 heavy (non-hydrogen) atoms. The summed E-state index contributed by atoms with van der Waals surface area (Å²) in [5, 5.41) is 0.763. The fourth-order valence-corrected chi connectivity index (χ4v) is 6.35. The van der Waals surface area contributed by atoms with E-state index in [-0.39, 0.29) is 11.2 Å². The van der Waals surface area contributed by atoms with E-state index in [9.17, 15) is 9.59 Å². The fourth-order valence-electron chi connectivity index (χ4n) is 4.95. The maximum Gasteiger partial charge on any atom is 0.336 e. The van der Waals surface area contributed by atoms with E-state index in [4.69, 9.17) is 4.74 Å². The molecular weight excluding hydrogens is 410 g/mol. The van der Waals surface area contributed by atoms with Crippen LogP contribution in [0.1, 0.15) is 42.5 Å². The number of benzene rings is 1. The van der Waals surface area contributed by atoms with E-state index in [1.165, 1.54) is 34.3 Å². The molecule has 1 aliphatic heterocycles. The van der Waals surface area contributed by atoms with Gasteiger partial charge in [0.25, 0.3) is 5.56 Å². The Hall–Kier alpha value is -2.38. The summed E-state index contributed by atoms with van der Waals surface area (Å²) in [4.78, 5) is 31.9. The SMILES string of the molecule is COc1ccc(-n2c(=O)c3c4c(sc3n(CCN3CCCC3)c2=O)CCCCC4)cc1. The van der Waals surface area contributed by atoms with Crippen molar-refractivity contribution in [2.45, 2.75) is 51.5 Å². The van der Waals surface area contributed by atoms with Crippen LogP contribution < -0.4 is 16.0 Å². The maximum absolute atomic E-state index is 13.7. The second-order valence-electron chi connectivity index (χ2n) is 8.57. The predicted octanol–water partition coefficient (Wildman–Crippen LogP) is 3.59. The molecule has 5 rings (SSSR count). The monoisotopic (exact) mass is 439 g/mol. The highest BCUT2D eigenvalue weighted by Gasteiger charge is 2.24. The summed E-state index contributed by atoms with van der Waals surface area (Å²) < 4.78 is 8.48. The number of nitrogens with zero attached hydrogens (tertiary/aromatic N) is 3. The van der Waals surface area contributed by atoms with Crippen molar-refractivity contribution in [3.8, 4) is 11.4 Å². The molecule has 0 bridgehead atoms. The van der Waals surface area contributed by atoms with Crippen molar-refractivity contribution < 1.29 is 4.74 Å². The molecule has 164 valence electrons. The van der Waals surface area contributed by atoms with Crippen LogP contribution in [0.25, 0.3) is 15.9 Å². The van der Waals surface area contributed by atoms with E-state index in [0.29, 0.717) is 18.0 Å². The molecule has 1 aliphatic carbocycles. The van der Waals surface area contributed by atoms with Gasteiger partial charge in [0.15, 0.2) is 0 Å². The van der Waals surface area contributed by atoms with Gasteiger partial charge in [-0.1, -0.05) is 6.42 Å². The summed E-state index contributed by atoms with van der Waals surface area (Å²) in [6, 6.07) is 7.19. The normalized spacial score (nSPS) is 17.1. The Kier molecular flexibility index (Phi) is 5.71. The molecule has 3 heterocycles. The number of hydrogen-bond donors (Lipinski definition) is 0. The Morgan fingerprint density at radius 3 is 2.42 bits per heavy atom. The molecule has 0 spiro atoms. The van der Waals surface area contributed by atoms with Crippen LogP contribution in [0.2, 0.25) is 0 Å². The minimum atomic E-state index is -0.238. The lowest BCUT2D eigenvalue weighted by atomic mass is 10.1. The number of aryl methyl sites for hydroxylation is 2. The number of ether oxygens (including phenoxy) is 1. The molecule has 1 aromatic carbocycles. The third kappa shape index (κ3) is 3.74. The number of methoxy groups -OCH3 is 1. The minimum absolute atomic E-state index is 0.179. The van der Waals surface area contributed by atoms with Gasteiger partial charge in [0.05, 0.1) is 18.2 Å². The highest BCUT2D eigenvalue weighted by molar-refractivity contribution is 7.18. The number of hydrogen-bond acceptors (Lipinski definition) is 5. The van der Waals surface area contributed by atoms with Crippen molar-refractivity contribution in [2.75, 3.05) is 26.7 Å². The zero-order valence-corrected chi connectivity index (χ0v) is 18.9. The second kappa shape index (κ2) is 8.63. The zero-order chi connectivity index (χ0) is 21.4. The molecule has 0 N–H and O–H groups in total. The number of fused-ring (bicyclic) bond motifs is 3. The van der Waals surface area contributed by atoms with Crippen molar-refractivity contribution in [1.29, 1.82) is 0 Å². The Bertz CT molecular complexity index is 1200. The number of likely N-dealkylation sites (tertiary alicyclic amines) is 1. The fraction of sp³-hybridized carbons (Fsp3) is 0.500. The molecule has 2 aromatic heterocycles. The van der Waals surface area contributed by atoms with Gasteiger partial charge in [-0.2, -0.15) is 0 Å². The van der Waals surface area contributed by atoms with Gasteiger partial charge in [-0.15, -0.1) is 11.3 Å². The van der Waals surface area contributed by atoms with E-state index in [1.54, 1.807) is 42.7 Å². The van der Waals surface area contributed by atoms with Crippen LogP contribution in [0.3, 0.4) is 0 Å². The van der Waals surface area contributed by atoms with Gasteiger partial charge in [-0.05, 0) is 81.4 Å². The molecule has 1 fully saturated rings. The third-order valence-corrected chi connectivity index (χ3v) is 7.97. The van der Waals surface area contributed by atoms with Crippen LogP contribution >= 0.6 is 11.3 Å². The van der Waals surface area contributed by atoms with Crippen LogP contribution in [0.5, 0.6) is 5.75 Å². The topological polar surface area (TPSA) is 56.5 Å². The van der Waals surface area contributed by atoms with Crippen molar-refractivity contribution >= 4 is 21.6 Å². The van der Waals surface area contributed by atoms with E-state index < -0.39 is 0 Å². The van der Waals surface area contributed by atoms with E-state index in [1.807, 2.05) is 4.57 Å². The van der Waals surface area contributed by atoms with Crippen molar-refractivity contribution in [2.24, 2.45) is 0 Å². The van der Waals surface area contributed by atoms with Crippen LogP contribution in [0.15, 0.2) is 33.9 Å². The number of aromatic nitrogens is 2. The number of rotatable bonds is 5. The van der Waals surface area contributed by atoms with Gasteiger partial charge < -0.3 is 9.64 Å². The predicted molar refractivity (Wildman–Crippen MR) is 125 cm³/mol. The van der Waals surface area contributed by atoms with Gasteiger partial charge in [-0.25, -0.2) is 9.36 Å². The van der Waals surface area contributed by atoms with E-state index in [2.05, 4.69) is 4.90 Å². The van der Waals surface area contributed by atoms with E-state index in [0.717, 1.165) is 55.5 Å². The summed E-state index contributed by atoms with van der Waals surface area (Å²) >= 11 is 1.67. The van der Waals surface area contributed by atoms with Gasteiger partial charge in [0, 0.05) is 18.0 Å². The molecule has 0 atom stereocenters. The highest BCUT2D eigenvalue weighted by Crippen LogP contribution is 2.33. The first-order valence-electron chi connectivity index (χ1n) is 11.3. The number of thiophene rings is 1. The summed E-state index contributed by atoms with van der Waals surface area (Å²) in [6.45, 7) is 3.65. The van der Waals surface area contributed by atoms with Crippen LogP contribution in [-0.4, -0.2) is 40.8 Å². The molecule has 1 saturated heterocycles. The first kappa shape index (κ1) is 20.5. The molecular formula is C24H29N3O3S. The lowest BCUT2D eigenvalue weighted by Crippen LogP contribution is -2.40. The smallest absolute Gasteiger partial charge is 0.336 e. The summed E-state index contributed by atoms with van der Waals surface area (Å²) in [5.74, 6) is 0.705. The highest BCUT2D eigenvalue weighted by atomic mass is 32.1. The molecule has 6 nitrogen and oxygen atoms in total. The second-order valence-corrected chi connectivity index (χ2v) is 9.65. The van der Waals surface area contributed by atoms with Gasteiger partial charge in [0.2, 0.25) is 0 Å². The Morgan fingerprint density at radius 2 is 1.68 bits per heavy atom. The Labute approximate surface area is 185 Å². The molecule has 2 aliphatic rings. The average Bonchev–Trinajstić information content (AvgIpc) is 3.37. The first-order chi connectivity index (χ1) is 15.2. The Balaban J connectivity index is 1.70. The van der Waals surface area contributed by atoms with Gasteiger partial charge in [-0.3, -0.25) is 9.36 Å². The lowest BCUT2D eigenvalue weighted by molar-refractivity contribution is 0.321. The van der Waals surface area contributed by atoms with Crippen molar-refractivity contribution in [1.82, 2.24) is 14.0 Å². The summed E-state index contributed by atoms with van der Waals surface area (Å²) in [6.07, 6.45) is 7.85.